The van der Waals surface area contributed by atoms with Gasteiger partial charge in [-0.25, -0.2) is 0 Å². The first-order chi connectivity index (χ1) is 11.3. The third kappa shape index (κ3) is 3.67. The van der Waals surface area contributed by atoms with Crippen LogP contribution in [-0.4, -0.2) is 25.0 Å². The van der Waals surface area contributed by atoms with E-state index in [4.69, 9.17) is 4.74 Å². The third-order valence-corrected chi connectivity index (χ3v) is 3.58. The number of ketones is 1. The maximum atomic E-state index is 12.6. The molecule has 0 fully saturated rings. The van der Waals surface area contributed by atoms with Crippen LogP contribution >= 0.6 is 0 Å². The molecule has 24 heavy (non-hydrogen) atoms. The molecule has 0 atom stereocenters. The Kier molecular flexibility index (Phi) is 5.11. The van der Waals surface area contributed by atoms with Crippen molar-refractivity contribution in [2.24, 2.45) is 0 Å². The van der Waals surface area contributed by atoms with Crippen LogP contribution in [0.3, 0.4) is 0 Å². The molecule has 0 aliphatic heterocycles. The van der Waals surface area contributed by atoms with E-state index in [1.165, 1.54) is 13.2 Å². The summed E-state index contributed by atoms with van der Waals surface area (Å²) in [5, 5.41) is 3.10. The quantitative estimate of drug-likeness (QED) is 0.900. The van der Waals surface area contributed by atoms with Crippen molar-refractivity contribution in [2.45, 2.75) is 25.9 Å². The molecular weight excluding hydrogens is 323 g/mol. The third-order valence-electron chi connectivity index (χ3n) is 3.58. The van der Waals surface area contributed by atoms with Crippen molar-refractivity contribution in [1.82, 2.24) is 0 Å². The zero-order valence-electron chi connectivity index (χ0n) is 13.2. The first-order valence-electron chi connectivity index (χ1n) is 7.26. The summed E-state index contributed by atoms with van der Waals surface area (Å²) in [5.41, 5.74) is 0.162. The van der Waals surface area contributed by atoms with Gasteiger partial charge in [0, 0.05) is 29.5 Å². The second kappa shape index (κ2) is 6.90. The summed E-state index contributed by atoms with van der Waals surface area (Å²) in [4.78, 5) is 23.1. The van der Waals surface area contributed by atoms with Gasteiger partial charge in [0.2, 0.25) is 0 Å². The number of carbonyl (C=O) groups excluding carboxylic acids is 2. The SMILES string of the molecule is CCC(=O)Cc1c(NC(=O)C(F)(F)F)cc2ccccc2c1OC. The van der Waals surface area contributed by atoms with E-state index >= 15 is 0 Å². The molecule has 0 aliphatic carbocycles. The zero-order valence-corrected chi connectivity index (χ0v) is 13.2. The van der Waals surface area contributed by atoms with E-state index in [9.17, 15) is 22.8 Å². The molecule has 1 amide bonds. The van der Waals surface area contributed by atoms with Gasteiger partial charge in [-0.05, 0) is 11.5 Å². The van der Waals surface area contributed by atoms with Crippen molar-refractivity contribution in [1.29, 1.82) is 0 Å². The van der Waals surface area contributed by atoms with Gasteiger partial charge >= 0.3 is 12.1 Å². The monoisotopic (exact) mass is 339 g/mol. The van der Waals surface area contributed by atoms with E-state index in [-0.39, 0.29) is 35.6 Å². The van der Waals surface area contributed by atoms with Crippen LogP contribution in [0.25, 0.3) is 10.8 Å². The minimum Gasteiger partial charge on any atom is -0.496 e. The molecule has 0 bridgehead atoms. The van der Waals surface area contributed by atoms with E-state index in [1.54, 1.807) is 31.2 Å². The fourth-order valence-electron chi connectivity index (χ4n) is 2.39. The maximum Gasteiger partial charge on any atom is 0.471 e. The lowest BCUT2D eigenvalue weighted by Crippen LogP contribution is -2.30. The summed E-state index contributed by atoms with van der Waals surface area (Å²) in [7, 11) is 1.37. The molecule has 2 aromatic rings. The lowest BCUT2D eigenvalue weighted by molar-refractivity contribution is -0.167. The topological polar surface area (TPSA) is 55.4 Å². The number of ether oxygens (including phenoxy) is 1. The lowest BCUT2D eigenvalue weighted by Gasteiger charge is -2.18. The van der Waals surface area contributed by atoms with E-state index in [1.807, 2.05) is 5.32 Å². The average molecular weight is 339 g/mol. The molecule has 0 saturated heterocycles. The molecular formula is C17H16F3NO3. The van der Waals surface area contributed by atoms with Gasteiger partial charge in [-0.2, -0.15) is 13.2 Å². The number of Topliss-reactive ketones (excluding diaryl/α,β-unsaturated/α-hetero) is 1. The van der Waals surface area contributed by atoms with Crippen molar-refractivity contribution in [3.63, 3.8) is 0 Å². The number of benzene rings is 2. The average Bonchev–Trinajstić information content (AvgIpc) is 2.54. The molecule has 0 aromatic heterocycles. The minimum atomic E-state index is -5.02. The summed E-state index contributed by atoms with van der Waals surface area (Å²) in [6.45, 7) is 1.66. The van der Waals surface area contributed by atoms with Crippen LogP contribution in [0.1, 0.15) is 18.9 Å². The fourth-order valence-corrected chi connectivity index (χ4v) is 2.39. The summed E-state index contributed by atoms with van der Waals surface area (Å²) in [6.07, 6.45) is -4.93. The molecule has 0 saturated carbocycles. The van der Waals surface area contributed by atoms with Crippen LogP contribution in [0.15, 0.2) is 30.3 Å². The van der Waals surface area contributed by atoms with Gasteiger partial charge in [-0.1, -0.05) is 31.2 Å². The highest BCUT2D eigenvalue weighted by Crippen LogP contribution is 2.37. The van der Waals surface area contributed by atoms with Gasteiger partial charge in [-0.3, -0.25) is 9.59 Å². The minimum absolute atomic E-state index is 0.0744. The normalized spacial score (nSPS) is 11.4. The fraction of sp³-hybridized carbons (Fsp3) is 0.294. The molecule has 0 aliphatic rings. The second-order valence-electron chi connectivity index (χ2n) is 5.18. The van der Waals surface area contributed by atoms with Crippen molar-refractivity contribution in [2.75, 3.05) is 12.4 Å². The van der Waals surface area contributed by atoms with Gasteiger partial charge in [-0.15, -0.1) is 0 Å². The number of fused-ring (bicyclic) bond motifs is 1. The molecule has 0 radical (unpaired) electrons. The van der Waals surface area contributed by atoms with Crippen LogP contribution in [-0.2, 0) is 16.0 Å². The van der Waals surface area contributed by atoms with Gasteiger partial charge in [0.05, 0.1) is 7.11 Å². The van der Waals surface area contributed by atoms with Crippen LogP contribution < -0.4 is 10.1 Å². The van der Waals surface area contributed by atoms with Crippen LogP contribution in [0.2, 0.25) is 0 Å². The Balaban J connectivity index is 2.64. The van der Waals surface area contributed by atoms with Crippen molar-refractivity contribution in [3.8, 4) is 5.75 Å². The molecule has 0 unspecified atom stereocenters. The summed E-state index contributed by atoms with van der Waals surface area (Å²) < 4.78 is 43.1. The molecule has 128 valence electrons. The van der Waals surface area contributed by atoms with Gasteiger partial charge in [0.15, 0.2) is 0 Å². The van der Waals surface area contributed by atoms with Crippen molar-refractivity contribution in [3.05, 3.63) is 35.9 Å². The van der Waals surface area contributed by atoms with Crippen molar-refractivity contribution < 1.29 is 27.5 Å². The molecule has 0 heterocycles. The highest BCUT2D eigenvalue weighted by atomic mass is 19.4. The van der Waals surface area contributed by atoms with E-state index in [0.717, 1.165) is 0 Å². The molecule has 0 spiro atoms. The second-order valence-corrected chi connectivity index (χ2v) is 5.18. The Morgan fingerprint density at radius 1 is 1.21 bits per heavy atom. The summed E-state index contributed by atoms with van der Waals surface area (Å²) in [5.74, 6) is -1.98. The molecule has 1 N–H and O–H groups in total. The van der Waals surface area contributed by atoms with E-state index in [2.05, 4.69) is 0 Å². The smallest absolute Gasteiger partial charge is 0.471 e. The number of carbonyl (C=O) groups is 2. The molecule has 7 heteroatoms. The number of halogens is 3. The van der Waals surface area contributed by atoms with Crippen LogP contribution in [0.4, 0.5) is 18.9 Å². The molecule has 2 aromatic carbocycles. The number of methoxy groups -OCH3 is 1. The van der Waals surface area contributed by atoms with Crippen LogP contribution in [0, 0.1) is 0 Å². The van der Waals surface area contributed by atoms with Gasteiger partial charge < -0.3 is 10.1 Å². The highest BCUT2D eigenvalue weighted by Gasteiger charge is 2.39. The summed E-state index contributed by atoms with van der Waals surface area (Å²) >= 11 is 0. The molecule has 2 rings (SSSR count). The number of amides is 1. The Morgan fingerprint density at radius 2 is 1.88 bits per heavy atom. The predicted molar refractivity (Wildman–Crippen MR) is 84.2 cm³/mol. The first-order valence-corrected chi connectivity index (χ1v) is 7.26. The number of anilines is 1. The number of hydrogen-bond donors (Lipinski definition) is 1. The van der Waals surface area contributed by atoms with Gasteiger partial charge in [0.1, 0.15) is 11.5 Å². The maximum absolute atomic E-state index is 12.6. The first kappa shape index (κ1) is 17.8. The number of nitrogens with one attached hydrogen (secondary N) is 1. The van der Waals surface area contributed by atoms with Crippen molar-refractivity contribution >= 4 is 28.2 Å². The number of hydrogen-bond acceptors (Lipinski definition) is 3. The Hall–Kier alpha value is -2.57. The Morgan fingerprint density at radius 3 is 2.46 bits per heavy atom. The largest absolute Gasteiger partial charge is 0.496 e. The Labute approximate surface area is 136 Å². The standard InChI is InChI=1S/C17H16F3NO3/c1-3-11(22)9-13-14(21-16(23)17(18,19)20)8-10-6-4-5-7-12(10)15(13)24-2/h4-8H,3,9H2,1-2H3,(H,21,23). The highest BCUT2D eigenvalue weighted by molar-refractivity contribution is 6.02. The summed E-state index contributed by atoms with van der Waals surface area (Å²) in [6, 6.07) is 8.31. The Bertz CT molecular complexity index is 784. The van der Waals surface area contributed by atoms with E-state index in [0.29, 0.717) is 10.8 Å². The van der Waals surface area contributed by atoms with E-state index < -0.39 is 12.1 Å². The lowest BCUT2D eigenvalue weighted by atomic mass is 9.98. The zero-order chi connectivity index (χ0) is 17.9. The molecule has 4 nitrogen and oxygen atoms in total. The van der Waals surface area contributed by atoms with Crippen LogP contribution in [0.5, 0.6) is 5.75 Å². The number of rotatable bonds is 5. The predicted octanol–water partition coefficient (Wildman–Crippen LogP) is 3.87. The van der Waals surface area contributed by atoms with Gasteiger partial charge in [0.25, 0.3) is 0 Å². The number of alkyl halides is 3.